The van der Waals surface area contributed by atoms with Gasteiger partial charge in [-0.3, -0.25) is 14.9 Å². The Hall–Kier alpha value is -3.59. The third kappa shape index (κ3) is 4.52. The first-order valence-corrected chi connectivity index (χ1v) is 10.0. The Kier molecular flexibility index (Phi) is 6.13. The van der Waals surface area contributed by atoms with E-state index in [0.717, 1.165) is 0 Å². The summed E-state index contributed by atoms with van der Waals surface area (Å²) in [6.07, 6.45) is -1.26. The molecule has 3 rings (SSSR count). The number of rotatable bonds is 5. The second kappa shape index (κ2) is 8.51. The number of ether oxygens (including phenoxy) is 1. The van der Waals surface area contributed by atoms with E-state index >= 15 is 0 Å². The molecular formula is C22H22ClN3O6. The van der Waals surface area contributed by atoms with Gasteiger partial charge in [-0.1, -0.05) is 32.4 Å². The van der Waals surface area contributed by atoms with Gasteiger partial charge in [0.15, 0.2) is 5.75 Å². The van der Waals surface area contributed by atoms with E-state index in [9.17, 15) is 24.8 Å². The van der Waals surface area contributed by atoms with Crippen LogP contribution < -0.4 is 15.6 Å². The van der Waals surface area contributed by atoms with Gasteiger partial charge in [0, 0.05) is 29.6 Å². The summed E-state index contributed by atoms with van der Waals surface area (Å²) in [6.45, 7) is 5.49. The molecule has 0 aliphatic rings. The number of nitro benzene ring substituents is 1. The number of hydrogen-bond donors (Lipinski definition) is 2. The molecule has 1 aromatic heterocycles. The molecule has 2 N–H and O–H groups in total. The Labute approximate surface area is 188 Å². The average Bonchev–Trinajstić information content (AvgIpc) is 2.70. The van der Waals surface area contributed by atoms with Crippen LogP contribution in [0.1, 0.15) is 32.5 Å². The Balaban J connectivity index is 2.34. The van der Waals surface area contributed by atoms with Crippen molar-refractivity contribution in [3.05, 3.63) is 73.6 Å². The summed E-state index contributed by atoms with van der Waals surface area (Å²) in [7, 11) is 1.54. The molecule has 1 heterocycles. The van der Waals surface area contributed by atoms with E-state index in [0.29, 0.717) is 21.5 Å². The highest BCUT2D eigenvalue weighted by molar-refractivity contribution is 6.31. The first kappa shape index (κ1) is 23.1. The predicted molar refractivity (Wildman–Crippen MR) is 121 cm³/mol. The molecule has 32 heavy (non-hydrogen) atoms. The lowest BCUT2D eigenvalue weighted by Crippen LogP contribution is -2.39. The van der Waals surface area contributed by atoms with Crippen LogP contribution >= 0.6 is 11.6 Å². The third-order valence-electron chi connectivity index (χ3n) is 5.03. The standard InChI is InChI=1S/C22H22ClN3O6/c1-22(2,3)19(24-21(28)29)17-18(32-14-8-6-13(7-9-14)26(30)31)16-11-12(23)5-10-15(16)20(27)25(17)4/h5-11,19,24H,1-4H3,(H,28,29). The third-order valence-corrected chi connectivity index (χ3v) is 5.27. The number of pyridine rings is 1. The molecule has 0 aliphatic carbocycles. The van der Waals surface area contributed by atoms with E-state index in [-0.39, 0.29) is 22.7 Å². The average molecular weight is 460 g/mol. The first-order valence-electron chi connectivity index (χ1n) is 9.64. The Morgan fingerprint density at radius 1 is 1.19 bits per heavy atom. The monoisotopic (exact) mass is 459 g/mol. The molecule has 9 nitrogen and oxygen atoms in total. The van der Waals surface area contributed by atoms with Crippen molar-refractivity contribution in [3.8, 4) is 11.5 Å². The number of fused-ring (bicyclic) bond motifs is 1. The highest BCUT2D eigenvalue weighted by atomic mass is 35.5. The van der Waals surface area contributed by atoms with E-state index < -0.39 is 22.5 Å². The number of hydrogen-bond acceptors (Lipinski definition) is 5. The predicted octanol–water partition coefficient (Wildman–Crippen LogP) is 5.25. The summed E-state index contributed by atoms with van der Waals surface area (Å²) in [6, 6.07) is 9.35. The molecule has 1 unspecified atom stereocenters. The number of amides is 1. The summed E-state index contributed by atoms with van der Waals surface area (Å²) < 4.78 is 7.48. The number of carbonyl (C=O) groups is 1. The summed E-state index contributed by atoms with van der Waals surface area (Å²) >= 11 is 6.20. The molecule has 168 valence electrons. The van der Waals surface area contributed by atoms with E-state index in [1.165, 1.54) is 35.9 Å². The van der Waals surface area contributed by atoms with E-state index in [1.807, 2.05) is 20.8 Å². The summed E-state index contributed by atoms with van der Waals surface area (Å²) in [5.41, 5.74) is -0.782. The molecule has 0 spiro atoms. The van der Waals surface area contributed by atoms with Crippen LogP contribution in [0.4, 0.5) is 10.5 Å². The fourth-order valence-electron chi connectivity index (χ4n) is 3.48. The Morgan fingerprint density at radius 2 is 1.81 bits per heavy atom. The number of benzene rings is 2. The number of aromatic nitrogens is 1. The van der Waals surface area contributed by atoms with Gasteiger partial charge in [0.1, 0.15) is 5.75 Å². The zero-order chi connectivity index (χ0) is 23.8. The van der Waals surface area contributed by atoms with Crippen LogP contribution in [0, 0.1) is 15.5 Å². The number of non-ortho nitro benzene ring substituents is 1. The second-order valence-corrected chi connectivity index (χ2v) is 8.81. The molecule has 0 saturated heterocycles. The maximum absolute atomic E-state index is 13.1. The molecule has 0 bridgehead atoms. The number of nitrogens with zero attached hydrogens (tertiary/aromatic N) is 2. The molecule has 0 aliphatic heterocycles. The van der Waals surface area contributed by atoms with E-state index in [2.05, 4.69) is 5.32 Å². The number of carboxylic acid groups (broad SMARTS) is 1. The van der Waals surface area contributed by atoms with Crippen LogP contribution in [0.3, 0.4) is 0 Å². The van der Waals surface area contributed by atoms with Crippen LogP contribution in [0.2, 0.25) is 5.02 Å². The lowest BCUT2D eigenvalue weighted by molar-refractivity contribution is -0.384. The van der Waals surface area contributed by atoms with Crippen LogP contribution in [0.25, 0.3) is 10.8 Å². The van der Waals surface area contributed by atoms with E-state index in [4.69, 9.17) is 16.3 Å². The van der Waals surface area contributed by atoms with Gasteiger partial charge in [-0.25, -0.2) is 4.79 Å². The number of halogens is 1. The van der Waals surface area contributed by atoms with Gasteiger partial charge < -0.3 is 19.7 Å². The molecule has 0 saturated carbocycles. The van der Waals surface area contributed by atoms with Gasteiger partial charge in [0.2, 0.25) is 0 Å². The van der Waals surface area contributed by atoms with Gasteiger partial charge in [-0.05, 0) is 35.7 Å². The molecular weight excluding hydrogens is 438 g/mol. The molecule has 3 aromatic rings. The molecule has 0 fully saturated rings. The molecule has 0 radical (unpaired) electrons. The maximum atomic E-state index is 13.1. The minimum Gasteiger partial charge on any atom is -0.465 e. The Bertz CT molecular complexity index is 1260. The lowest BCUT2D eigenvalue weighted by Gasteiger charge is -2.33. The highest BCUT2D eigenvalue weighted by Crippen LogP contribution is 2.42. The van der Waals surface area contributed by atoms with Gasteiger partial charge in [0.05, 0.1) is 22.0 Å². The second-order valence-electron chi connectivity index (χ2n) is 8.37. The normalized spacial score (nSPS) is 12.4. The van der Waals surface area contributed by atoms with Crippen molar-refractivity contribution in [2.24, 2.45) is 12.5 Å². The van der Waals surface area contributed by atoms with Gasteiger partial charge >= 0.3 is 6.09 Å². The topological polar surface area (TPSA) is 124 Å². The van der Waals surface area contributed by atoms with Gasteiger partial charge in [-0.15, -0.1) is 0 Å². The lowest BCUT2D eigenvalue weighted by atomic mass is 9.83. The van der Waals surface area contributed by atoms with E-state index in [1.54, 1.807) is 18.2 Å². The number of nitrogens with one attached hydrogen (secondary N) is 1. The largest absolute Gasteiger partial charge is 0.465 e. The Morgan fingerprint density at radius 3 is 2.34 bits per heavy atom. The summed E-state index contributed by atoms with van der Waals surface area (Å²) in [5.74, 6) is 0.506. The van der Waals surface area contributed by atoms with Crippen LogP contribution in [-0.2, 0) is 7.05 Å². The molecule has 2 aromatic carbocycles. The zero-order valence-corrected chi connectivity index (χ0v) is 18.6. The molecule has 10 heteroatoms. The fourth-order valence-corrected chi connectivity index (χ4v) is 3.65. The highest BCUT2D eigenvalue weighted by Gasteiger charge is 2.34. The zero-order valence-electron chi connectivity index (χ0n) is 17.9. The SMILES string of the molecule is Cn1c(C(NC(=O)O)C(C)(C)C)c(Oc2ccc([N+](=O)[O-])cc2)c2cc(Cl)ccc2c1=O. The smallest absolute Gasteiger partial charge is 0.405 e. The van der Waals surface area contributed by atoms with Crippen molar-refractivity contribution in [1.29, 1.82) is 0 Å². The van der Waals surface area contributed by atoms with Crippen molar-refractivity contribution >= 4 is 34.2 Å². The number of nitro groups is 1. The van der Waals surface area contributed by atoms with Crippen molar-refractivity contribution in [2.75, 3.05) is 0 Å². The quantitative estimate of drug-likeness (QED) is 0.396. The summed E-state index contributed by atoms with van der Waals surface area (Å²) in [4.78, 5) is 35.2. The van der Waals surface area contributed by atoms with Crippen LogP contribution in [-0.4, -0.2) is 20.7 Å². The summed E-state index contributed by atoms with van der Waals surface area (Å²) in [5, 5.41) is 24.0. The minimum atomic E-state index is -1.26. The minimum absolute atomic E-state index is 0.106. The molecule has 1 amide bonds. The first-order chi connectivity index (χ1) is 14.9. The van der Waals surface area contributed by atoms with Crippen molar-refractivity contribution in [2.45, 2.75) is 26.8 Å². The van der Waals surface area contributed by atoms with Crippen molar-refractivity contribution in [3.63, 3.8) is 0 Å². The van der Waals surface area contributed by atoms with Gasteiger partial charge in [0.25, 0.3) is 11.2 Å². The van der Waals surface area contributed by atoms with Crippen LogP contribution in [0.5, 0.6) is 11.5 Å². The van der Waals surface area contributed by atoms with Crippen molar-refractivity contribution in [1.82, 2.24) is 9.88 Å². The maximum Gasteiger partial charge on any atom is 0.405 e. The van der Waals surface area contributed by atoms with Crippen molar-refractivity contribution < 1.29 is 19.6 Å². The molecule has 1 atom stereocenters. The van der Waals surface area contributed by atoms with Gasteiger partial charge in [-0.2, -0.15) is 0 Å². The van der Waals surface area contributed by atoms with Crippen LogP contribution in [0.15, 0.2) is 47.3 Å². The fraction of sp³-hybridized carbons (Fsp3) is 0.273.